The number of hydrogen-bond donors (Lipinski definition) is 1. The minimum atomic E-state index is 0.207. The number of azo groups is 1. The molecule has 0 amide bonds. The molecule has 0 bridgehead atoms. The summed E-state index contributed by atoms with van der Waals surface area (Å²) in [5.74, 6) is 0. The molecule has 0 heterocycles. The average Bonchev–Trinajstić information content (AvgIpc) is 1.69. The first-order chi connectivity index (χ1) is 3.41. The molecule has 0 atom stereocenters. The largest absolute Gasteiger partial charge is 0.396 e. The molecule has 7 heavy (non-hydrogen) atoms. The van der Waals surface area contributed by atoms with E-state index in [9.17, 15) is 0 Å². The van der Waals surface area contributed by atoms with Crippen molar-refractivity contribution in [2.75, 3.05) is 20.2 Å². The van der Waals surface area contributed by atoms with E-state index in [-0.39, 0.29) is 6.61 Å². The van der Waals surface area contributed by atoms with Crippen molar-refractivity contribution in [3.05, 3.63) is 0 Å². The minimum absolute atomic E-state index is 0.207. The molecule has 0 aromatic rings. The zero-order valence-corrected chi connectivity index (χ0v) is 4.46. The molecule has 0 saturated carbocycles. The standard InChI is InChI=1S/C4H10N2O/c1-5-6-3-2-4-7/h7H,2-4H2,1H3. The van der Waals surface area contributed by atoms with E-state index in [1.165, 1.54) is 0 Å². The Morgan fingerprint density at radius 1 is 1.57 bits per heavy atom. The van der Waals surface area contributed by atoms with E-state index in [1.807, 2.05) is 0 Å². The third kappa shape index (κ3) is 5.56. The van der Waals surface area contributed by atoms with Gasteiger partial charge in [0.2, 0.25) is 0 Å². The molecule has 0 aliphatic rings. The van der Waals surface area contributed by atoms with Crippen LogP contribution in [0.2, 0.25) is 0 Å². The lowest BCUT2D eigenvalue weighted by Gasteiger charge is -1.83. The van der Waals surface area contributed by atoms with E-state index in [0.717, 1.165) is 6.42 Å². The highest BCUT2D eigenvalue weighted by molar-refractivity contribution is 4.34. The molecule has 0 radical (unpaired) electrons. The molecule has 0 rings (SSSR count). The van der Waals surface area contributed by atoms with Crippen molar-refractivity contribution in [1.82, 2.24) is 0 Å². The maximum atomic E-state index is 8.19. The van der Waals surface area contributed by atoms with Gasteiger partial charge >= 0.3 is 0 Å². The van der Waals surface area contributed by atoms with Gasteiger partial charge in [0.05, 0.1) is 6.54 Å². The van der Waals surface area contributed by atoms with Gasteiger partial charge in [0, 0.05) is 13.7 Å². The Balaban J connectivity index is 2.69. The molecule has 42 valence electrons. The van der Waals surface area contributed by atoms with Crippen molar-refractivity contribution in [1.29, 1.82) is 0 Å². The van der Waals surface area contributed by atoms with Gasteiger partial charge in [-0.3, -0.25) is 0 Å². The van der Waals surface area contributed by atoms with Crippen LogP contribution in [0.4, 0.5) is 0 Å². The second kappa shape index (κ2) is 5.56. The van der Waals surface area contributed by atoms with E-state index in [2.05, 4.69) is 10.2 Å². The van der Waals surface area contributed by atoms with Gasteiger partial charge in [0.15, 0.2) is 0 Å². The molecule has 0 fully saturated rings. The van der Waals surface area contributed by atoms with Crippen LogP contribution in [-0.2, 0) is 0 Å². The molecule has 0 aliphatic carbocycles. The number of aliphatic hydroxyl groups excluding tert-OH is 1. The molecule has 3 heteroatoms. The van der Waals surface area contributed by atoms with Crippen LogP contribution in [0.15, 0.2) is 10.2 Å². The Bertz CT molecular complexity index is 53.7. The fourth-order valence-electron chi connectivity index (χ4n) is 0.241. The molecule has 0 spiro atoms. The van der Waals surface area contributed by atoms with Crippen LogP contribution < -0.4 is 0 Å². The smallest absolute Gasteiger partial charge is 0.0620 e. The molecule has 3 nitrogen and oxygen atoms in total. The number of hydrogen-bond acceptors (Lipinski definition) is 3. The van der Waals surface area contributed by atoms with Crippen molar-refractivity contribution in [2.45, 2.75) is 6.42 Å². The predicted molar refractivity (Wildman–Crippen MR) is 27.3 cm³/mol. The van der Waals surface area contributed by atoms with Crippen molar-refractivity contribution in [3.8, 4) is 0 Å². The summed E-state index contributed by atoms with van der Waals surface area (Å²) in [7, 11) is 1.62. The highest BCUT2D eigenvalue weighted by Crippen LogP contribution is 1.76. The second-order valence-corrected chi connectivity index (χ2v) is 1.14. The van der Waals surface area contributed by atoms with Crippen LogP contribution in [-0.4, -0.2) is 25.3 Å². The average molecular weight is 102 g/mol. The summed E-state index contributed by atoms with van der Waals surface area (Å²) in [4.78, 5) is 0. The SMILES string of the molecule is CN=NCCCO. The first-order valence-electron chi connectivity index (χ1n) is 2.28. The van der Waals surface area contributed by atoms with Gasteiger partial charge in [-0.05, 0) is 6.42 Å². The highest BCUT2D eigenvalue weighted by Gasteiger charge is 1.75. The number of rotatable bonds is 3. The molecule has 0 unspecified atom stereocenters. The summed E-state index contributed by atoms with van der Waals surface area (Å²) in [6, 6.07) is 0. The first kappa shape index (κ1) is 6.56. The number of nitrogens with zero attached hydrogens (tertiary/aromatic N) is 2. The summed E-state index contributed by atoms with van der Waals surface area (Å²) in [5, 5.41) is 15.3. The van der Waals surface area contributed by atoms with Crippen LogP contribution >= 0.6 is 0 Å². The maximum absolute atomic E-state index is 8.19. The summed E-state index contributed by atoms with van der Waals surface area (Å²) in [6.45, 7) is 0.853. The highest BCUT2D eigenvalue weighted by atomic mass is 16.3. The van der Waals surface area contributed by atoms with Gasteiger partial charge in [0.1, 0.15) is 0 Å². The van der Waals surface area contributed by atoms with Gasteiger partial charge in [-0.1, -0.05) is 0 Å². The fraction of sp³-hybridized carbons (Fsp3) is 1.00. The molecule has 0 aromatic carbocycles. The first-order valence-corrected chi connectivity index (χ1v) is 2.28. The van der Waals surface area contributed by atoms with Gasteiger partial charge < -0.3 is 5.11 Å². The van der Waals surface area contributed by atoms with E-state index >= 15 is 0 Å². The normalized spacial score (nSPS) is 10.6. The summed E-state index contributed by atoms with van der Waals surface area (Å²) in [5.41, 5.74) is 0. The van der Waals surface area contributed by atoms with E-state index in [1.54, 1.807) is 7.05 Å². The van der Waals surface area contributed by atoms with Crippen LogP contribution in [0.3, 0.4) is 0 Å². The third-order valence-corrected chi connectivity index (χ3v) is 0.558. The minimum Gasteiger partial charge on any atom is -0.396 e. The van der Waals surface area contributed by atoms with Crippen LogP contribution in [0.1, 0.15) is 6.42 Å². The van der Waals surface area contributed by atoms with Crippen molar-refractivity contribution in [3.63, 3.8) is 0 Å². The van der Waals surface area contributed by atoms with E-state index < -0.39 is 0 Å². The van der Waals surface area contributed by atoms with Crippen molar-refractivity contribution >= 4 is 0 Å². The molecular weight excluding hydrogens is 92.1 g/mol. The van der Waals surface area contributed by atoms with Crippen molar-refractivity contribution < 1.29 is 5.11 Å². The summed E-state index contributed by atoms with van der Waals surface area (Å²) in [6.07, 6.45) is 0.720. The zero-order valence-electron chi connectivity index (χ0n) is 4.46. The number of aliphatic hydroxyl groups is 1. The Morgan fingerprint density at radius 3 is 2.71 bits per heavy atom. The van der Waals surface area contributed by atoms with Gasteiger partial charge in [-0.2, -0.15) is 10.2 Å². The monoisotopic (exact) mass is 102 g/mol. The molecular formula is C4H10N2O. The Morgan fingerprint density at radius 2 is 2.29 bits per heavy atom. The second-order valence-electron chi connectivity index (χ2n) is 1.14. The Labute approximate surface area is 43.1 Å². The van der Waals surface area contributed by atoms with Crippen LogP contribution in [0.5, 0.6) is 0 Å². The molecule has 0 aliphatic heterocycles. The summed E-state index contributed by atoms with van der Waals surface area (Å²) < 4.78 is 0. The van der Waals surface area contributed by atoms with Crippen LogP contribution in [0.25, 0.3) is 0 Å². The lowest BCUT2D eigenvalue weighted by molar-refractivity contribution is 0.290. The zero-order chi connectivity index (χ0) is 5.54. The lowest BCUT2D eigenvalue weighted by Crippen LogP contribution is -1.84. The van der Waals surface area contributed by atoms with Crippen LogP contribution in [0, 0.1) is 0 Å². The van der Waals surface area contributed by atoms with Gasteiger partial charge in [-0.25, -0.2) is 0 Å². The molecule has 0 aromatic heterocycles. The predicted octanol–water partition coefficient (Wildman–Crippen LogP) is 0.451. The fourth-order valence-corrected chi connectivity index (χ4v) is 0.241. The molecule has 1 N–H and O–H groups in total. The molecule has 0 saturated heterocycles. The maximum Gasteiger partial charge on any atom is 0.0620 e. The summed E-state index contributed by atoms with van der Waals surface area (Å²) >= 11 is 0. The third-order valence-electron chi connectivity index (χ3n) is 0.558. The van der Waals surface area contributed by atoms with Crippen molar-refractivity contribution in [2.24, 2.45) is 10.2 Å². The van der Waals surface area contributed by atoms with Gasteiger partial charge in [0.25, 0.3) is 0 Å². The quantitative estimate of drug-likeness (QED) is 0.408. The Hall–Kier alpha value is -0.440. The Kier molecular flexibility index (Phi) is 5.21. The van der Waals surface area contributed by atoms with Gasteiger partial charge in [-0.15, -0.1) is 0 Å². The topological polar surface area (TPSA) is 45.0 Å². The lowest BCUT2D eigenvalue weighted by atomic mass is 10.5. The van der Waals surface area contributed by atoms with E-state index in [0.29, 0.717) is 6.54 Å². The van der Waals surface area contributed by atoms with E-state index in [4.69, 9.17) is 5.11 Å².